The van der Waals surface area contributed by atoms with Gasteiger partial charge in [0, 0.05) is 70.0 Å². The molecule has 16 aromatic heterocycles. The van der Waals surface area contributed by atoms with Gasteiger partial charge < -0.3 is 9.97 Å². The van der Waals surface area contributed by atoms with Crippen LogP contribution in [-0.4, -0.2) is 67.4 Å². The van der Waals surface area contributed by atoms with E-state index in [0.29, 0.717) is 39.5 Å². The van der Waals surface area contributed by atoms with Crippen molar-refractivity contribution in [2.75, 3.05) is 0 Å². The minimum Gasteiger partial charge on any atom is -0.326 e. The molecule has 0 saturated carbocycles. The lowest BCUT2D eigenvalue weighted by Crippen LogP contribution is -1.96. The van der Waals surface area contributed by atoms with Gasteiger partial charge in [0.05, 0.1) is 11.0 Å². The molecule has 0 fully saturated rings. The Kier molecular flexibility index (Phi) is 2.60. The maximum absolute atomic E-state index is 5.30. The molecule has 0 atom stereocenters. The Morgan fingerprint density at radius 2 is 0.596 bits per heavy atom. The van der Waals surface area contributed by atoms with E-state index >= 15 is 0 Å². The van der Waals surface area contributed by atoms with E-state index in [-0.39, 0.29) is 0 Å². The van der Waals surface area contributed by atoms with Gasteiger partial charge in [-0.05, 0) is 48.5 Å². The third-order valence-corrected chi connectivity index (χ3v) is 12.4. The van der Waals surface area contributed by atoms with E-state index in [1.165, 1.54) is 32.3 Å². The summed E-state index contributed by atoms with van der Waals surface area (Å²) >= 11 is 0. The largest absolute Gasteiger partial charge is 0.326 e. The molecule has 0 aliphatic heterocycles. The number of hydrogen-bond donors (Lipinski definition) is 2. The summed E-state index contributed by atoms with van der Waals surface area (Å²) in [6.07, 6.45) is 0. The van der Waals surface area contributed by atoms with Crippen molar-refractivity contribution in [1.82, 2.24) is 67.4 Å². The van der Waals surface area contributed by atoms with Gasteiger partial charge in [-0.2, -0.15) is 0 Å². The van der Waals surface area contributed by atoms with Crippen molar-refractivity contribution in [3.63, 3.8) is 0 Å². The van der Waals surface area contributed by atoms with Crippen molar-refractivity contribution >= 4 is 166 Å². The van der Waals surface area contributed by atoms with E-state index in [4.69, 9.17) is 39.9 Å². The molecule has 0 aliphatic carbocycles. The van der Waals surface area contributed by atoms with Gasteiger partial charge in [-0.1, -0.05) is 0 Å². The number of imidazole rings is 2. The van der Waals surface area contributed by atoms with Crippen molar-refractivity contribution in [2.24, 2.45) is 0 Å². The molecule has 16 rings (SSSR count). The molecule has 0 bridgehead atoms. The fourth-order valence-electron chi connectivity index (χ4n) is 10.5. The Bertz CT molecular complexity index is 4050. The summed E-state index contributed by atoms with van der Waals surface area (Å²) in [4.78, 5) is 48.3. The molecule has 0 aliphatic rings. The lowest BCUT2D eigenvalue weighted by molar-refractivity contribution is 1.18. The number of aromatic amines is 2. The van der Waals surface area contributed by atoms with Crippen LogP contribution in [0.15, 0.2) is 48.5 Å². The van der Waals surface area contributed by atoms with E-state index in [9.17, 15) is 0 Å². The molecule has 0 unspecified atom stereocenters. The minimum atomic E-state index is 0.571. The SMILES string of the molecule is c1c2cc3cc4cc5cc6c7nc5nc4nc3nc2nc2nc3nc4nc5c(cc4cc3cc12)n1c2[nH]c3c4c2c2c8c9c4c(n6c9[nH]c8n5c21)n73. The van der Waals surface area contributed by atoms with Gasteiger partial charge in [0.1, 0.15) is 33.9 Å². The third-order valence-electron chi connectivity index (χ3n) is 12.4. The van der Waals surface area contributed by atoms with Gasteiger partial charge in [0.15, 0.2) is 50.8 Å². The second-order valence-corrected chi connectivity index (χ2v) is 14.8. The lowest BCUT2D eigenvalue weighted by atomic mass is 10.0. The first kappa shape index (κ1) is 22.1. The maximum Gasteiger partial charge on any atom is 0.166 e. The topological polar surface area (TPSA) is 152 Å². The number of rotatable bonds is 0. The number of benzene rings is 1. The summed E-state index contributed by atoms with van der Waals surface area (Å²) < 4.78 is 9.29. The molecule has 16 heterocycles. The number of pyridine rings is 8. The van der Waals surface area contributed by atoms with Gasteiger partial charge in [0.25, 0.3) is 0 Å². The monoisotopic (exact) mass is 662 g/mol. The normalized spacial score (nSPS) is 14.5. The van der Waals surface area contributed by atoms with Gasteiger partial charge in [-0.15, -0.1) is 0 Å². The Morgan fingerprint density at radius 1 is 0.308 bits per heavy atom. The number of nitrogens with zero attached hydrogens (tertiary/aromatic N) is 12. The fourth-order valence-corrected chi connectivity index (χ4v) is 10.5. The zero-order chi connectivity index (χ0) is 32.4. The summed E-state index contributed by atoms with van der Waals surface area (Å²) in [5.41, 5.74) is 14.3. The highest BCUT2D eigenvalue weighted by Crippen LogP contribution is 2.55. The highest BCUT2D eigenvalue weighted by molar-refractivity contribution is 6.47. The van der Waals surface area contributed by atoms with E-state index in [0.717, 1.165) is 93.9 Å². The molecule has 232 valence electrons. The van der Waals surface area contributed by atoms with Crippen LogP contribution in [0.25, 0.3) is 166 Å². The summed E-state index contributed by atoms with van der Waals surface area (Å²) in [5, 5.41) is 14.0. The second-order valence-electron chi connectivity index (χ2n) is 14.8. The van der Waals surface area contributed by atoms with E-state index in [1.54, 1.807) is 0 Å². The predicted octanol–water partition coefficient (Wildman–Crippen LogP) is 7.01. The van der Waals surface area contributed by atoms with Crippen LogP contribution in [0.3, 0.4) is 0 Å². The fraction of sp³-hybridized carbons (Fsp3) is 0. The molecule has 0 aromatic carbocycles. The molecule has 52 heavy (non-hydrogen) atoms. The van der Waals surface area contributed by atoms with Crippen molar-refractivity contribution in [2.45, 2.75) is 0 Å². The Balaban J connectivity index is 1.20. The number of hydrogen-bond acceptors (Lipinski definition) is 8. The third kappa shape index (κ3) is 1.87. The molecule has 16 aromatic rings. The van der Waals surface area contributed by atoms with Crippen molar-refractivity contribution in [1.29, 1.82) is 0 Å². The van der Waals surface area contributed by atoms with Crippen LogP contribution in [-0.2, 0) is 0 Å². The van der Waals surface area contributed by atoms with Crippen molar-refractivity contribution < 1.29 is 0 Å². The summed E-state index contributed by atoms with van der Waals surface area (Å²) in [6, 6.07) is 17.2. The van der Waals surface area contributed by atoms with Crippen LogP contribution in [0.5, 0.6) is 0 Å². The molecule has 14 nitrogen and oxygen atoms in total. The van der Waals surface area contributed by atoms with Crippen LogP contribution >= 0.6 is 0 Å². The van der Waals surface area contributed by atoms with E-state index in [2.05, 4.69) is 76.1 Å². The van der Waals surface area contributed by atoms with Crippen LogP contribution in [0.4, 0.5) is 0 Å². The average molecular weight is 663 g/mol. The predicted molar refractivity (Wildman–Crippen MR) is 198 cm³/mol. The standard InChI is InChI=1S/C38H10N14/c1-9-2-11-4-13-6-15-8-17-32-46-30(15)44-28(13)42-26(11)40-24(9)39-25-10(1)3-12-5-14-7-16-31(45-29(14)43-27(12)41-25)51-35-21-19-23-20-18-22(21)37(51)49(16)33(18)47-36(20)52(32)38(23)50(17)34(19)48-35/h1-8,47-48H. The zero-order valence-electron chi connectivity index (χ0n) is 26.0. The Labute approximate surface area is 281 Å². The molecular formula is C38H10N14. The van der Waals surface area contributed by atoms with Crippen LogP contribution < -0.4 is 0 Å². The number of aromatic nitrogens is 14. The van der Waals surface area contributed by atoms with Crippen molar-refractivity contribution in [3.8, 4) is 0 Å². The average Bonchev–Trinajstić information content (AvgIpc) is 3.99. The van der Waals surface area contributed by atoms with Gasteiger partial charge in [-0.25, -0.2) is 39.9 Å². The molecule has 0 amide bonds. The molecular weight excluding hydrogens is 653 g/mol. The van der Waals surface area contributed by atoms with E-state index < -0.39 is 0 Å². The Hall–Kier alpha value is -7.74. The first-order valence-corrected chi connectivity index (χ1v) is 17.1. The zero-order valence-corrected chi connectivity index (χ0v) is 26.0. The molecule has 0 spiro atoms. The quantitative estimate of drug-likeness (QED) is 0.165. The van der Waals surface area contributed by atoms with E-state index in [1.807, 2.05) is 0 Å². The van der Waals surface area contributed by atoms with Crippen LogP contribution in [0, 0.1) is 0 Å². The first-order chi connectivity index (χ1) is 25.7. The van der Waals surface area contributed by atoms with Gasteiger partial charge in [0.2, 0.25) is 0 Å². The number of fused-ring (bicyclic) bond motifs is 27. The molecule has 14 heteroatoms. The maximum atomic E-state index is 5.30. The minimum absolute atomic E-state index is 0.571. The number of H-pyrrole nitrogens is 2. The first-order valence-electron chi connectivity index (χ1n) is 17.1. The van der Waals surface area contributed by atoms with Crippen molar-refractivity contribution in [3.05, 3.63) is 48.5 Å². The summed E-state index contributed by atoms with van der Waals surface area (Å²) in [6.45, 7) is 0. The van der Waals surface area contributed by atoms with Crippen LogP contribution in [0.2, 0.25) is 0 Å². The second kappa shape index (κ2) is 6.13. The smallest absolute Gasteiger partial charge is 0.166 e. The lowest BCUT2D eigenvalue weighted by Gasteiger charge is -2.07. The summed E-state index contributed by atoms with van der Waals surface area (Å²) in [7, 11) is 0. The highest BCUT2D eigenvalue weighted by atomic mass is 15.3. The van der Waals surface area contributed by atoms with Crippen LogP contribution in [0.1, 0.15) is 0 Å². The van der Waals surface area contributed by atoms with Gasteiger partial charge in [-0.3, -0.25) is 17.6 Å². The molecule has 2 N–H and O–H groups in total. The molecule has 0 saturated heterocycles. The highest BCUT2D eigenvalue weighted by Gasteiger charge is 2.37. The summed E-state index contributed by atoms with van der Waals surface area (Å²) in [5.74, 6) is 0. The van der Waals surface area contributed by atoms with Gasteiger partial charge >= 0.3 is 0 Å². The number of nitrogens with one attached hydrogen (secondary N) is 2. The molecule has 0 radical (unpaired) electrons. The Morgan fingerprint density at radius 3 is 0.942 bits per heavy atom.